The summed E-state index contributed by atoms with van der Waals surface area (Å²) < 4.78 is 18.2. The quantitative estimate of drug-likeness (QED) is 0.725. The van der Waals surface area contributed by atoms with Crippen LogP contribution in [0, 0.1) is 11.7 Å². The van der Waals surface area contributed by atoms with E-state index in [1.165, 1.54) is 24.7 Å². The molecule has 31 heavy (non-hydrogen) atoms. The first-order chi connectivity index (χ1) is 14.9. The third-order valence-electron chi connectivity index (χ3n) is 5.94. The lowest BCUT2D eigenvalue weighted by Crippen LogP contribution is -2.53. The van der Waals surface area contributed by atoms with E-state index in [4.69, 9.17) is 16.0 Å². The van der Waals surface area contributed by atoms with Crippen LogP contribution >= 0.6 is 11.6 Å². The highest BCUT2D eigenvalue weighted by atomic mass is 35.5. The lowest BCUT2D eigenvalue weighted by molar-refractivity contribution is -0.138. The third kappa shape index (κ3) is 4.58. The Kier molecular flexibility index (Phi) is 6.27. The number of hydrogen-bond acceptors (Lipinski definition) is 4. The molecule has 0 N–H and O–H groups in total. The summed E-state index contributed by atoms with van der Waals surface area (Å²) in [6, 6.07) is 5.36. The van der Waals surface area contributed by atoms with Gasteiger partial charge < -0.3 is 19.1 Å². The predicted octanol–water partition coefficient (Wildman–Crippen LogP) is 2.91. The van der Waals surface area contributed by atoms with Crippen molar-refractivity contribution in [3.63, 3.8) is 0 Å². The zero-order valence-corrected chi connectivity index (χ0v) is 17.7. The summed E-state index contributed by atoms with van der Waals surface area (Å²) in [7, 11) is 0. The van der Waals surface area contributed by atoms with Gasteiger partial charge >= 0.3 is 0 Å². The van der Waals surface area contributed by atoms with E-state index in [2.05, 4.69) is 0 Å². The summed E-state index contributed by atoms with van der Waals surface area (Å²) in [5, 5.41) is 0.0835. The van der Waals surface area contributed by atoms with Crippen LogP contribution in [-0.4, -0.2) is 71.7 Å². The molecule has 2 aliphatic heterocycles. The van der Waals surface area contributed by atoms with Gasteiger partial charge in [-0.25, -0.2) is 4.39 Å². The number of piperazine rings is 1. The smallest absolute Gasteiger partial charge is 0.257 e. The van der Waals surface area contributed by atoms with Crippen molar-refractivity contribution in [1.29, 1.82) is 0 Å². The molecule has 1 aromatic carbocycles. The minimum Gasteiger partial charge on any atom is -0.472 e. The number of piperidine rings is 1. The number of benzene rings is 1. The molecule has 9 heteroatoms. The van der Waals surface area contributed by atoms with E-state index < -0.39 is 5.82 Å². The second-order valence-corrected chi connectivity index (χ2v) is 8.23. The maximum absolute atomic E-state index is 13.2. The fourth-order valence-corrected chi connectivity index (χ4v) is 4.37. The summed E-state index contributed by atoms with van der Waals surface area (Å²) in [6.45, 7) is 2.74. The van der Waals surface area contributed by atoms with Crippen LogP contribution in [0.15, 0.2) is 41.2 Å². The number of carbonyl (C=O) groups excluding carboxylic acids is 3. The molecule has 2 saturated heterocycles. The molecule has 164 valence electrons. The number of hydrogen-bond donors (Lipinski definition) is 0. The molecular weight excluding hydrogens is 425 g/mol. The molecule has 0 radical (unpaired) electrons. The Bertz CT molecular complexity index is 965. The maximum atomic E-state index is 13.2. The molecule has 1 aromatic heterocycles. The van der Waals surface area contributed by atoms with Crippen LogP contribution < -0.4 is 0 Å². The van der Waals surface area contributed by atoms with Crippen LogP contribution in [0.25, 0.3) is 0 Å². The Morgan fingerprint density at radius 3 is 2.16 bits per heavy atom. The van der Waals surface area contributed by atoms with Crippen molar-refractivity contribution in [2.75, 3.05) is 39.3 Å². The van der Waals surface area contributed by atoms with Crippen molar-refractivity contribution in [3.8, 4) is 0 Å². The van der Waals surface area contributed by atoms with Crippen molar-refractivity contribution in [2.24, 2.45) is 5.92 Å². The first-order valence-electron chi connectivity index (χ1n) is 10.3. The van der Waals surface area contributed by atoms with Gasteiger partial charge in [-0.05, 0) is 37.1 Å². The molecule has 0 saturated carbocycles. The normalized spacial score (nSPS) is 17.7. The lowest BCUT2D eigenvalue weighted by Gasteiger charge is -2.38. The topological polar surface area (TPSA) is 74.1 Å². The fourth-order valence-electron chi connectivity index (χ4n) is 4.12. The van der Waals surface area contributed by atoms with Crippen LogP contribution in [0.4, 0.5) is 4.39 Å². The van der Waals surface area contributed by atoms with Gasteiger partial charge in [0.2, 0.25) is 5.91 Å². The van der Waals surface area contributed by atoms with E-state index >= 15 is 0 Å². The number of likely N-dealkylation sites (tertiary alicyclic amines) is 1. The second-order valence-electron chi connectivity index (χ2n) is 7.82. The zero-order valence-electron chi connectivity index (χ0n) is 16.9. The van der Waals surface area contributed by atoms with Crippen molar-refractivity contribution in [2.45, 2.75) is 12.8 Å². The van der Waals surface area contributed by atoms with E-state index in [1.54, 1.807) is 20.8 Å². The molecule has 2 aliphatic rings. The van der Waals surface area contributed by atoms with Crippen LogP contribution in [0.3, 0.4) is 0 Å². The molecule has 3 heterocycles. The number of rotatable bonds is 3. The highest BCUT2D eigenvalue weighted by molar-refractivity contribution is 6.33. The number of nitrogens with zero attached hydrogens (tertiary/aromatic N) is 3. The van der Waals surface area contributed by atoms with Gasteiger partial charge in [0.15, 0.2) is 0 Å². The number of halogens is 2. The van der Waals surface area contributed by atoms with E-state index in [-0.39, 0.29) is 34.2 Å². The Labute approximate surface area is 184 Å². The number of furan rings is 1. The molecule has 0 atom stereocenters. The van der Waals surface area contributed by atoms with Crippen molar-refractivity contribution >= 4 is 29.3 Å². The highest BCUT2D eigenvalue weighted by Crippen LogP contribution is 2.23. The van der Waals surface area contributed by atoms with Gasteiger partial charge in [-0.3, -0.25) is 14.4 Å². The second kappa shape index (κ2) is 9.09. The van der Waals surface area contributed by atoms with E-state index in [1.807, 2.05) is 0 Å². The highest BCUT2D eigenvalue weighted by Gasteiger charge is 2.33. The van der Waals surface area contributed by atoms with Gasteiger partial charge in [0.1, 0.15) is 12.1 Å². The molecule has 0 spiro atoms. The van der Waals surface area contributed by atoms with Crippen LogP contribution in [0.5, 0.6) is 0 Å². The Morgan fingerprint density at radius 2 is 1.55 bits per heavy atom. The predicted molar refractivity (Wildman–Crippen MR) is 111 cm³/mol. The average molecular weight is 448 g/mol. The molecule has 7 nitrogen and oxygen atoms in total. The zero-order chi connectivity index (χ0) is 22.0. The third-order valence-corrected chi connectivity index (χ3v) is 6.25. The van der Waals surface area contributed by atoms with Crippen LogP contribution in [-0.2, 0) is 4.79 Å². The minimum atomic E-state index is -0.491. The largest absolute Gasteiger partial charge is 0.472 e. The van der Waals surface area contributed by atoms with Gasteiger partial charge in [0, 0.05) is 45.2 Å². The Morgan fingerprint density at radius 1 is 0.903 bits per heavy atom. The SMILES string of the molecule is O=C(c1ccoc1)N1CCC(C(=O)N2CCN(C(=O)c3ccc(F)cc3Cl)CC2)CC1. The van der Waals surface area contributed by atoms with E-state index in [0.29, 0.717) is 57.7 Å². The van der Waals surface area contributed by atoms with Crippen LogP contribution in [0.1, 0.15) is 33.6 Å². The van der Waals surface area contributed by atoms with Gasteiger partial charge in [0.25, 0.3) is 11.8 Å². The van der Waals surface area contributed by atoms with E-state index in [0.717, 1.165) is 6.07 Å². The fraction of sp³-hybridized carbons (Fsp3) is 0.409. The first kappa shape index (κ1) is 21.4. The lowest BCUT2D eigenvalue weighted by atomic mass is 9.94. The first-order valence-corrected chi connectivity index (χ1v) is 10.7. The van der Waals surface area contributed by atoms with Crippen LogP contribution in [0.2, 0.25) is 5.02 Å². The van der Waals surface area contributed by atoms with Crippen molar-refractivity contribution in [3.05, 3.63) is 58.8 Å². The summed E-state index contributed by atoms with van der Waals surface area (Å²) in [5.41, 5.74) is 0.782. The molecule has 0 unspecified atom stereocenters. The van der Waals surface area contributed by atoms with Gasteiger partial charge in [-0.2, -0.15) is 0 Å². The molecule has 2 fully saturated rings. The van der Waals surface area contributed by atoms with E-state index in [9.17, 15) is 18.8 Å². The average Bonchev–Trinajstić information content (AvgIpc) is 3.33. The Balaban J connectivity index is 1.28. The van der Waals surface area contributed by atoms with Gasteiger partial charge in [-0.1, -0.05) is 11.6 Å². The van der Waals surface area contributed by atoms with Crippen molar-refractivity contribution in [1.82, 2.24) is 14.7 Å². The summed E-state index contributed by atoms with van der Waals surface area (Å²) in [6.07, 6.45) is 4.14. The molecule has 0 bridgehead atoms. The summed E-state index contributed by atoms with van der Waals surface area (Å²) in [5.74, 6) is -0.881. The molecular formula is C22H23ClFN3O4. The minimum absolute atomic E-state index is 0.0716. The summed E-state index contributed by atoms with van der Waals surface area (Å²) in [4.78, 5) is 43.2. The standard InChI is InChI=1S/C22H23ClFN3O4/c23-19-13-17(24)1-2-18(19)22(30)27-10-8-26(9-11-27)20(28)15-3-6-25(7-4-15)21(29)16-5-12-31-14-16/h1-2,5,12-15H,3-4,6-11H2. The van der Waals surface area contributed by atoms with Gasteiger partial charge in [-0.15, -0.1) is 0 Å². The number of carbonyl (C=O) groups is 3. The summed E-state index contributed by atoms with van der Waals surface area (Å²) >= 11 is 6.01. The van der Waals surface area contributed by atoms with Gasteiger partial charge in [0.05, 0.1) is 22.4 Å². The van der Waals surface area contributed by atoms with Crippen molar-refractivity contribution < 1.29 is 23.2 Å². The molecule has 0 aliphatic carbocycles. The number of amides is 3. The molecule has 2 aromatic rings. The molecule has 4 rings (SSSR count). The Hall–Kier alpha value is -2.87. The molecule has 3 amide bonds. The monoisotopic (exact) mass is 447 g/mol. The maximum Gasteiger partial charge on any atom is 0.257 e.